The van der Waals surface area contributed by atoms with Gasteiger partial charge in [-0.1, -0.05) is 33.4 Å². The fraction of sp³-hybridized carbons (Fsp3) is 0.400. The zero-order valence-electron chi connectivity index (χ0n) is 6.89. The van der Waals surface area contributed by atoms with E-state index in [4.69, 9.17) is 5.73 Å². The summed E-state index contributed by atoms with van der Waals surface area (Å²) in [5.74, 6) is 0. The van der Waals surface area contributed by atoms with E-state index in [-0.39, 0.29) is 7.43 Å². The molecule has 0 spiro atoms. The first-order valence-corrected chi connectivity index (χ1v) is 3.61. The Bertz CT molecular complexity index is 165. The molecule has 0 aliphatic rings. The number of nitrogens with two attached hydrogens (primary N) is 1. The summed E-state index contributed by atoms with van der Waals surface area (Å²) in [7, 11) is 0. The molecule has 1 aromatic carbocycles. The summed E-state index contributed by atoms with van der Waals surface area (Å²) < 4.78 is 0. The average molecular weight is 153 g/mol. The largest absolute Gasteiger partial charge is 0.399 e. The predicted octanol–water partition coefficient (Wildman–Crippen LogP) is 3.24. The van der Waals surface area contributed by atoms with Crippen molar-refractivity contribution in [3.63, 3.8) is 0 Å². The maximum absolute atomic E-state index is 5.46. The summed E-state index contributed by atoms with van der Waals surface area (Å²) in [6.07, 6.45) is 0. The number of nitrogen functional groups attached to an aromatic ring is 1. The summed E-state index contributed by atoms with van der Waals surface area (Å²) in [6.45, 7) is 6.02. The van der Waals surface area contributed by atoms with Gasteiger partial charge in [-0.05, 0) is 24.6 Å². The Kier molecular flexibility index (Phi) is 8.22. The highest BCUT2D eigenvalue weighted by Gasteiger charge is 1.81. The second kappa shape index (κ2) is 7.13. The molecule has 0 atom stereocenters. The van der Waals surface area contributed by atoms with Gasteiger partial charge < -0.3 is 5.73 Å². The molecule has 0 radical (unpaired) electrons. The first-order valence-electron chi connectivity index (χ1n) is 3.61. The molecule has 0 unspecified atom stereocenters. The lowest BCUT2D eigenvalue weighted by Gasteiger charge is -1.91. The van der Waals surface area contributed by atoms with Crippen molar-refractivity contribution in [1.82, 2.24) is 0 Å². The Morgan fingerprint density at radius 1 is 1.18 bits per heavy atom. The van der Waals surface area contributed by atoms with E-state index in [1.54, 1.807) is 0 Å². The minimum atomic E-state index is 0. The number of hydrogen-bond donors (Lipinski definition) is 1. The van der Waals surface area contributed by atoms with Gasteiger partial charge >= 0.3 is 0 Å². The maximum Gasteiger partial charge on any atom is 0.0316 e. The molecular weight excluding hydrogens is 134 g/mol. The fourth-order valence-corrected chi connectivity index (χ4v) is 0.670. The van der Waals surface area contributed by atoms with Gasteiger partial charge in [0.1, 0.15) is 0 Å². The molecule has 0 fully saturated rings. The fourth-order valence-electron chi connectivity index (χ4n) is 0.670. The molecule has 0 bridgehead atoms. The molecule has 1 rings (SSSR count). The van der Waals surface area contributed by atoms with Gasteiger partial charge in [-0.3, -0.25) is 0 Å². The van der Waals surface area contributed by atoms with E-state index in [0.29, 0.717) is 0 Å². The zero-order valence-corrected chi connectivity index (χ0v) is 6.89. The van der Waals surface area contributed by atoms with E-state index >= 15 is 0 Å². The Morgan fingerprint density at radius 2 is 1.73 bits per heavy atom. The van der Waals surface area contributed by atoms with Crippen LogP contribution in [0.25, 0.3) is 0 Å². The van der Waals surface area contributed by atoms with Crippen LogP contribution < -0.4 is 5.73 Å². The molecule has 1 aromatic rings. The van der Waals surface area contributed by atoms with Gasteiger partial charge in [0.25, 0.3) is 0 Å². The van der Waals surface area contributed by atoms with Crippen molar-refractivity contribution in [3.05, 3.63) is 29.8 Å². The van der Waals surface area contributed by atoms with Crippen LogP contribution in [0.5, 0.6) is 0 Å². The topological polar surface area (TPSA) is 26.0 Å². The second-order valence-electron chi connectivity index (χ2n) is 1.91. The molecule has 0 aromatic heterocycles. The molecule has 0 amide bonds. The van der Waals surface area contributed by atoms with Crippen molar-refractivity contribution in [2.24, 2.45) is 0 Å². The van der Waals surface area contributed by atoms with Crippen LogP contribution in [0.15, 0.2) is 24.3 Å². The maximum atomic E-state index is 5.46. The van der Waals surface area contributed by atoms with E-state index < -0.39 is 0 Å². The van der Waals surface area contributed by atoms with E-state index in [1.165, 1.54) is 5.56 Å². The minimum Gasteiger partial charge on any atom is -0.399 e. The summed E-state index contributed by atoms with van der Waals surface area (Å²) in [6, 6.07) is 7.80. The number of benzene rings is 1. The molecule has 1 heteroatoms. The lowest BCUT2D eigenvalue weighted by molar-refractivity contribution is 1.47. The van der Waals surface area contributed by atoms with Crippen molar-refractivity contribution < 1.29 is 0 Å². The third-order valence-corrected chi connectivity index (χ3v) is 1.04. The van der Waals surface area contributed by atoms with Gasteiger partial charge in [0.2, 0.25) is 0 Å². The first kappa shape index (κ1) is 12.7. The van der Waals surface area contributed by atoms with Crippen LogP contribution in [0.4, 0.5) is 5.69 Å². The molecule has 1 nitrogen and oxygen atoms in total. The van der Waals surface area contributed by atoms with Crippen molar-refractivity contribution in [2.75, 3.05) is 5.73 Å². The van der Waals surface area contributed by atoms with Gasteiger partial charge in [-0.2, -0.15) is 0 Å². The van der Waals surface area contributed by atoms with Crippen molar-refractivity contribution >= 4 is 5.69 Å². The number of anilines is 1. The van der Waals surface area contributed by atoms with Crippen LogP contribution >= 0.6 is 0 Å². The molecule has 11 heavy (non-hydrogen) atoms. The van der Waals surface area contributed by atoms with Crippen LogP contribution in [-0.2, 0) is 0 Å². The van der Waals surface area contributed by atoms with E-state index in [0.717, 1.165) is 5.69 Å². The van der Waals surface area contributed by atoms with Crippen molar-refractivity contribution in [2.45, 2.75) is 28.2 Å². The predicted molar refractivity (Wildman–Crippen MR) is 53.7 cm³/mol. The van der Waals surface area contributed by atoms with Crippen LogP contribution in [0, 0.1) is 6.92 Å². The number of rotatable bonds is 0. The molecule has 64 valence electrons. The standard InChI is InChI=1S/C7H9N.C2H6.CH4/c1-6-3-2-4-7(8)5-6;1-2;/h2-5H,8H2,1H3;1-2H3;1H4. The van der Waals surface area contributed by atoms with E-state index in [2.05, 4.69) is 0 Å². The zero-order chi connectivity index (χ0) is 7.98. The lowest BCUT2D eigenvalue weighted by atomic mass is 10.2. The highest BCUT2D eigenvalue weighted by atomic mass is 14.5. The minimum absolute atomic E-state index is 0. The van der Waals surface area contributed by atoms with Crippen molar-refractivity contribution in [1.29, 1.82) is 0 Å². The van der Waals surface area contributed by atoms with Crippen LogP contribution in [0.2, 0.25) is 0 Å². The number of aryl methyl sites for hydroxylation is 1. The summed E-state index contributed by atoms with van der Waals surface area (Å²) in [5.41, 5.74) is 7.51. The molecule has 0 aliphatic heterocycles. The van der Waals surface area contributed by atoms with Crippen LogP contribution in [0.1, 0.15) is 26.8 Å². The molecule has 0 saturated heterocycles. The summed E-state index contributed by atoms with van der Waals surface area (Å²) in [4.78, 5) is 0. The highest BCUT2D eigenvalue weighted by molar-refractivity contribution is 5.39. The monoisotopic (exact) mass is 153 g/mol. The Hall–Kier alpha value is -0.980. The van der Waals surface area contributed by atoms with Crippen LogP contribution in [-0.4, -0.2) is 0 Å². The number of hydrogen-bond acceptors (Lipinski definition) is 1. The molecular formula is C10H19N. The Labute approximate surface area is 70.2 Å². The lowest BCUT2D eigenvalue weighted by Crippen LogP contribution is -1.82. The average Bonchev–Trinajstić information content (AvgIpc) is 1.91. The molecule has 0 saturated carbocycles. The Balaban J connectivity index is 0. The van der Waals surface area contributed by atoms with Gasteiger partial charge in [-0.25, -0.2) is 0 Å². The molecule has 0 aliphatic carbocycles. The van der Waals surface area contributed by atoms with E-state index in [9.17, 15) is 0 Å². The highest BCUT2D eigenvalue weighted by Crippen LogP contribution is 2.03. The quantitative estimate of drug-likeness (QED) is 0.569. The van der Waals surface area contributed by atoms with Crippen molar-refractivity contribution in [3.8, 4) is 0 Å². The summed E-state index contributed by atoms with van der Waals surface area (Å²) in [5, 5.41) is 0. The third-order valence-electron chi connectivity index (χ3n) is 1.04. The normalized spacial score (nSPS) is 7.18. The van der Waals surface area contributed by atoms with Crippen LogP contribution in [0.3, 0.4) is 0 Å². The van der Waals surface area contributed by atoms with Gasteiger partial charge in [0.15, 0.2) is 0 Å². The third kappa shape index (κ3) is 5.46. The summed E-state index contributed by atoms with van der Waals surface area (Å²) >= 11 is 0. The molecule has 0 heterocycles. The van der Waals surface area contributed by atoms with Gasteiger partial charge in [0, 0.05) is 5.69 Å². The smallest absolute Gasteiger partial charge is 0.0316 e. The van der Waals surface area contributed by atoms with Gasteiger partial charge in [0.05, 0.1) is 0 Å². The SMILES string of the molecule is C.CC.Cc1cccc(N)c1. The van der Waals surface area contributed by atoms with E-state index in [1.807, 2.05) is 45.0 Å². The Morgan fingerprint density at radius 3 is 2.00 bits per heavy atom. The van der Waals surface area contributed by atoms with Gasteiger partial charge in [-0.15, -0.1) is 0 Å². The molecule has 2 N–H and O–H groups in total. The second-order valence-corrected chi connectivity index (χ2v) is 1.91. The first-order chi connectivity index (χ1) is 4.79.